The van der Waals surface area contributed by atoms with Crippen LogP contribution in [0.2, 0.25) is 0 Å². The van der Waals surface area contributed by atoms with Gasteiger partial charge in [0.15, 0.2) is 0 Å². The highest BCUT2D eigenvalue weighted by atomic mass is 16.5. The molecule has 92 valence electrons. The Labute approximate surface area is 96.0 Å². The Hall–Kier alpha value is -1.06. The molecule has 16 heavy (non-hydrogen) atoms. The number of carbonyl (C=O) groups excluding carboxylic acids is 1. The molecule has 0 aromatic carbocycles. The molecule has 0 amide bonds. The summed E-state index contributed by atoms with van der Waals surface area (Å²) in [5.74, 6) is -2.00. The molecule has 1 saturated carbocycles. The van der Waals surface area contributed by atoms with Gasteiger partial charge in [0.2, 0.25) is 0 Å². The number of carboxylic acid groups (broad SMARTS) is 1. The minimum absolute atomic E-state index is 0.103. The number of esters is 1. The summed E-state index contributed by atoms with van der Waals surface area (Å²) in [4.78, 5) is 22.9. The molecule has 0 bridgehead atoms. The van der Waals surface area contributed by atoms with E-state index in [4.69, 9.17) is 4.74 Å². The Morgan fingerprint density at radius 3 is 2.06 bits per heavy atom. The number of hydrogen-bond donors (Lipinski definition) is 1. The first kappa shape index (κ1) is 13.0. The number of carbonyl (C=O) groups is 2. The van der Waals surface area contributed by atoms with Crippen molar-refractivity contribution in [2.75, 3.05) is 7.11 Å². The van der Waals surface area contributed by atoms with Crippen molar-refractivity contribution >= 4 is 11.9 Å². The maximum Gasteiger partial charge on any atom is 0.309 e. The van der Waals surface area contributed by atoms with Crippen LogP contribution in [-0.2, 0) is 14.3 Å². The highest BCUT2D eigenvalue weighted by Crippen LogP contribution is 2.45. The van der Waals surface area contributed by atoms with E-state index in [0.29, 0.717) is 0 Å². The van der Waals surface area contributed by atoms with Gasteiger partial charge in [-0.1, -0.05) is 26.7 Å². The molecule has 1 fully saturated rings. The average Bonchev–Trinajstić information content (AvgIpc) is 2.66. The summed E-state index contributed by atoms with van der Waals surface area (Å²) in [6, 6.07) is 0. The molecular formula is C12H20O4. The standard InChI is InChI=1S/C12H20O4/c1-4-7-6-8(5-2)10(12(15)16-3)9(7)11(13)14/h7-10H,4-6H2,1-3H3,(H,13,14). The first-order valence-corrected chi connectivity index (χ1v) is 5.87. The summed E-state index contributed by atoms with van der Waals surface area (Å²) in [6.07, 6.45) is 2.46. The van der Waals surface area contributed by atoms with Crippen LogP contribution in [0.1, 0.15) is 33.1 Å². The third kappa shape index (κ3) is 2.20. The summed E-state index contributed by atoms with van der Waals surface area (Å²) >= 11 is 0. The third-order valence-electron chi connectivity index (χ3n) is 3.82. The molecule has 1 aliphatic carbocycles. The Kier molecular flexibility index (Phi) is 4.33. The Morgan fingerprint density at radius 2 is 1.69 bits per heavy atom. The Bertz CT molecular complexity index is 274. The lowest BCUT2D eigenvalue weighted by Crippen LogP contribution is -2.32. The van der Waals surface area contributed by atoms with Gasteiger partial charge in [-0.15, -0.1) is 0 Å². The summed E-state index contributed by atoms with van der Waals surface area (Å²) in [6.45, 7) is 3.98. The van der Waals surface area contributed by atoms with Crippen molar-refractivity contribution in [1.29, 1.82) is 0 Å². The van der Waals surface area contributed by atoms with E-state index in [1.54, 1.807) is 0 Å². The van der Waals surface area contributed by atoms with Gasteiger partial charge in [0, 0.05) is 0 Å². The third-order valence-corrected chi connectivity index (χ3v) is 3.82. The van der Waals surface area contributed by atoms with Crippen LogP contribution in [0.15, 0.2) is 0 Å². The molecule has 0 radical (unpaired) electrons. The van der Waals surface area contributed by atoms with E-state index in [9.17, 15) is 14.7 Å². The number of methoxy groups -OCH3 is 1. The molecule has 1 aliphatic rings. The van der Waals surface area contributed by atoms with Crippen LogP contribution in [0.3, 0.4) is 0 Å². The Balaban J connectivity index is 2.96. The highest BCUT2D eigenvalue weighted by molar-refractivity contribution is 5.82. The van der Waals surface area contributed by atoms with E-state index in [1.807, 2.05) is 13.8 Å². The molecule has 1 rings (SSSR count). The lowest BCUT2D eigenvalue weighted by molar-refractivity contribution is -0.156. The monoisotopic (exact) mass is 228 g/mol. The number of ether oxygens (including phenoxy) is 1. The fourth-order valence-electron chi connectivity index (χ4n) is 2.94. The molecular weight excluding hydrogens is 208 g/mol. The van der Waals surface area contributed by atoms with Gasteiger partial charge in [-0.2, -0.15) is 0 Å². The molecule has 0 aromatic heterocycles. The number of carboxylic acids is 1. The summed E-state index contributed by atoms with van der Waals surface area (Å²) in [7, 11) is 1.33. The maximum absolute atomic E-state index is 11.7. The molecule has 4 atom stereocenters. The van der Waals surface area contributed by atoms with Crippen LogP contribution < -0.4 is 0 Å². The zero-order valence-corrected chi connectivity index (χ0v) is 10.1. The smallest absolute Gasteiger partial charge is 0.309 e. The second kappa shape index (κ2) is 5.32. The van der Waals surface area contributed by atoms with Crippen molar-refractivity contribution in [3.8, 4) is 0 Å². The zero-order chi connectivity index (χ0) is 12.3. The minimum atomic E-state index is -0.863. The molecule has 0 spiro atoms. The average molecular weight is 228 g/mol. The number of rotatable bonds is 4. The lowest BCUT2D eigenvalue weighted by atomic mass is 9.85. The van der Waals surface area contributed by atoms with E-state index in [-0.39, 0.29) is 17.8 Å². The second-order valence-electron chi connectivity index (χ2n) is 4.49. The molecule has 0 heterocycles. The molecule has 0 saturated heterocycles. The van der Waals surface area contributed by atoms with Crippen molar-refractivity contribution in [1.82, 2.24) is 0 Å². The van der Waals surface area contributed by atoms with Crippen molar-refractivity contribution in [2.24, 2.45) is 23.7 Å². The molecule has 4 unspecified atom stereocenters. The lowest BCUT2D eigenvalue weighted by Gasteiger charge is -2.20. The minimum Gasteiger partial charge on any atom is -0.481 e. The van der Waals surface area contributed by atoms with Crippen LogP contribution in [0.25, 0.3) is 0 Å². The Morgan fingerprint density at radius 1 is 1.19 bits per heavy atom. The van der Waals surface area contributed by atoms with Crippen molar-refractivity contribution in [3.05, 3.63) is 0 Å². The topological polar surface area (TPSA) is 63.6 Å². The van der Waals surface area contributed by atoms with Crippen LogP contribution >= 0.6 is 0 Å². The first-order chi connectivity index (χ1) is 7.56. The van der Waals surface area contributed by atoms with E-state index in [0.717, 1.165) is 19.3 Å². The zero-order valence-electron chi connectivity index (χ0n) is 10.1. The van der Waals surface area contributed by atoms with Crippen molar-refractivity contribution in [2.45, 2.75) is 33.1 Å². The quantitative estimate of drug-likeness (QED) is 0.747. The van der Waals surface area contributed by atoms with E-state index in [2.05, 4.69) is 0 Å². The van der Waals surface area contributed by atoms with Crippen LogP contribution in [0.5, 0.6) is 0 Å². The molecule has 0 aliphatic heterocycles. The fourth-order valence-corrected chi connectivity index (χ4v) is 2.94. The number of hydrogen-bond acceptors (Lipinski definition) is 3. The van der Waals surface area contributed by atoms with E-state index >= 15 is 0 Å². The molecule has 4 heteroatoms. The predicted molar refractivity (Wildman–Crippen MR) is 58.8 cm³/mol. The van der Waals surface area contributed by atoms with Crippen LogP contribution in [-0.4, -0.2) is 24.2 Å². The van der Waals surface area contributed by atoms with Crippen molar-refractivity contribution < 1.29 is 19.4 Å². The molecule has 1 N–H and O–H groups in total. The van der Waals surface area contributed by atoms with Gasteiger partial charge >= 0.3 is 11.9 Å². The summed E-state index contributed by atoms with van der Waals surface area (Å²) < 4.78 is 4.74. The number of aliphatic carboxylic acids is 1. The first-order valence-electron chi connectivity index (χ1n) is 5.87. The SMILES string of the molecule is CCC1CC(CC)C(C(=O)OC)C1C(=O)O. The van der Waals surface area contributed by atoms with E-state index < -0.39 is 17.8 Å². The van der Waals surface area contributed by atoms with Crippen molar-refractivity contribution in [3.63, 3.8) is 0 Å². The maximum atomic E-state index is 11.7. The van der Waals surface area contributed by atoms with Crippen LogP contribution in [0.4, 0.5) is 0 Å². The van der Waals surface area contributed by atoms with Gasteiger partial charge in [-0.25, -0.2) is 0 Å². The van der Waals surface area contributed by atoms with Gasteiger partial charge in [-0.3, -0.25) is 9.59 Å². The highest BCUT2D eigenvalue weighted by Gasteiger charge is 2.49. The van der Waals surface area contributed by atoms with Gasteiger partial charge in [0.25, 0.3) is 0 Å². The van der Waals surface area contributed by atoms with Crippen LogP contribution in [0, 0.1) is 23.7 Å². The van der Waals surface area contributed by atoms with Gasteiger partial charge < -0.3 is 9.84 Å². The van der Waals surface area contributed by atoms with Gasteiger partial charge in [0.1, 0.15) is 0 Å². The predicted octanol–water partition coefficient (Wildman–Crippen LogP) is 1.93. The molecule has 4 nitrogen and oxygen atoms in total. The second-order valence-corrected chi connectivity index (χ2v) is 4.49. The van der Waals surface area contributed by atoms with E-state index in [1.165, 1.54) is 7.11 Å². The molecule has 0 aromatic rings. The van der Waals surface area contributed by atoms with Gasteiger partial charge in [0.05, 0.1) is 18.9 Å². The fraction of sp³-hybridized carbons (Fsp3) is 0.833. The summed E-state index contributed by atoms with van der Waals surface area (Å²) in [5, 5.41) is 9.24. The normalized spacial score (nSPS) is 33.7. The largest absolute Gasteiger partial charge is 0.481 e. The van der Waals surface area contributed by atoms with Gasteiger partial charge in [-0.05, 0) is 18.3 Å². The summed E-state index contributed by atoms with van der Waals surface area (Å²) in [5.41, 5.74) is 0.